The van der Waals surface area contributed by atoms with Crippen molar-refractivity contribution in [2.24, 2.45) is 17.3 Å². The van der Waals surface area contributed by atoms with Crippen molar-refractivity contribution < 1.29 is 9.90 Å². The van der Waals surface area contributed by atoms with Gasteiger partial charge in [0.1, 0.15) is 0 Å². The number of aliphatic hydroxyl groups excluding tert-OH is 1. The van der Waals surface area contributed by atoms with E-state index in [4.69, 9.17) is 5.11 Å². The highest BCUT2D eigenvalue weighted by Gasteiger charge is 2.36. The van der Waals surface area contributed by atoms with Gasteiger partial charge in [0.2, 0.25) is 0 Å². The Kier molecular flexibility index (Phi) is 3.03. The van der Waals surface area contributed by atoms with Crippen molar-refractivity contribution in [3.63, 3.8) is 0 Å². The Balaban J connectivity index is 2.85. The molecule has 1 saturated carbocycles. The zero-order valence-electron chi connectivity index (χ0n) is 9.50. The summed E-state index contributed by atoms with van der Waals surface area (Å²) < 4.78 is 0. The lowest BCUT2D eigenvalue weighted by molar-refractivity contribution is -0.119. The number of allylic oxidation sites excluding steroid dienone is 1. The van der Waals surface area contributed by atoms with Gasteiger partial charge >= 0.3 is 0 Å². The molecule has 0 amide bonds. The number of carbonyl (C=O) groups is 1. The van der Waals surface area contributed by atoms with Crippen LogP contribution in [0.2, 0.25) is 0 Å². The number of hydrogen-bond acceptors (Lipinski definition) is 2. The molecule has 2 atom stereocenters. The first-order valence-electron chi connectivity index (χ1n) is 5.22. The smallest absolute Gasteiger partial charge is 0.162 e. The first-order chi connectivity index (χ1) is 6.36. The highest BCUT2D eigenvalue weighted by molar-refractivity contribution is 5.96. The number of ketones is 1. The van der Waals surface area contributed by atoms with Gasteiger partial charge in [0.15, 0.2) is 5.78 Å². The summed E-state index contributed by atoms with van der Waals surface area (Å²) >= 11 is 0. The summed E-state index contributed by atoms with van der Waals surface area (Å²) in [6.45, 7) is 8.71. The Morgan fingerprint density at radius 1 is 1.36 bits per heavy atom. The van der Waals surface area contributed by atoms with E-state index in [2.05, 4.69) is 27.7 Å². The van der Waals surface area contributed by atoms with Crippen LogP contribution in [0.1, 0.15) is 40.5 Å². The van der Waals surface area contributed by atoms with E-state index >= 15 is 0 Å². The molecular weight excluding hydrogens is 176 g/mol. The van der Waals surface area contributed by atoms with Crippen LogP contribution in [-0.2, 0) is 4.79 Å². The molecule has 1 aliphatic carbocycles. The SMILES string of the molecule is CC1CC(=O)/C(=C/O)CC1C(C)(C)C. The summed E-state index contributed by atoms with van der Waals surface area (Å²) in [6, 6.07) is 0. The molecule has 1 aliphatic rings. The van der Waals surface area contributed by atoms with Crippen LogP contribution in [-0.4, -0.2) is 10.9 Å². The zero-order chi connectivity index (χ0) is 10.9. The van der Waals surface area contributed by atoms with Crippen LogP contribution in [0.25, 0.3) is 0 Å². The van der Waals surface area contributed by atoms with Crippen molar-refractivity contribution in [1.29, 1.82) is 0 Å². The Labute approximate surface area is 86.0 Å². The van der Waals surface area contributed by atoms with Crippen LogP contribution in [0.15, 0.2) is 11.8 Å². The quantitative estimate of drug-likeness (QED) is 0.477. The normalized spacial score (nSPS) is 32.3. The number of carbonyl (C=O) groups excluding carboxylic acids is 1. The molecule has 0 saturated heterocycles. The summed E-state index contributed by atoms with van der Waals surface area (Å²) in [5.74, 6) is 1.02. The fourth-order valence-electron chi connectivity index (χ4n) is 2.40. The van der Waals surface area contributed by atoms with Gasteiger partial charge < -0.3 is 5.11 Å². The predicted molar refractivity (Wildman–Crippen MR) is 57.1 cm³/mol. The van der Waals surface area contributed by atoms with Gasteiger partial charge in [-0.2, -0.15) is 0 Å². The van der Waals surface area contributed by atoms with E-state index in [1.165, 1.54) is 0 Å². The molecule has 2 heteroatoms. The third-order valence-electron chi connectivity index (χ3n) is 3.26. The highest BCUT2D eigenvalue weighted by atomic mass is 16.2. The molecule has 0 aliphatic heterocycles. The molecule has 2 nitrogen and oxygen atoms in total. The molecule has 0 spiro atoms. The second kappa shape index (κ2) is 3.76. The largest absolute Gasteiger partial charge is 0.515 e. The van der Waals surface area contributed by atoms with Crippen LogP contribution in [0.4, 0.5) is 0 Å². The maximum absolute atomic E-state index is 11.5. The van der Waals surface area contributed by atoms with Crippen molar-refractivity contribution in [2.75, 3.05) is 0 Å². The van der Waals surface area contributed by atoms with Gasteiger partial charge in [-0.1, -0.05) is 27.7 Å². The van der Waals surface area contributed by atoms with E-state index in [1.54, 1.807) is 0 Å². The Morgan fingerprint density at radius 2 is 1.93 bits per heavy atom. The van der Waals surface area contributed by atoms with Gasteiger partial charge in [0, 0.05) is 12.0 Å². The van der Waals surface area contributed by atoms with Crippen LogP contribution < -0.4 is 0 Å². The molecular formula is C12H20O2. The van der Waals surface area contributed by atoms with E-state index < -0.39 is 0 Å². The lowest BCUT2D eigenvalue weighted by atomic mass is 9.65. The van der Waals surface area contributed by atoms with Gasteiger partial charge in [-0.25, -0.2) is 0 Å². The van der Waals surface area contributed by atoms with Crippen molar-refractivity contribution in [2.45, 2.75) is 40.5 Å². The van der Waals surface area contributed by atoms with Gasteiger partial charge in [-0.05, 0) is 23.7 Å². The average Bonchev–Trinajstić information content (AvgIpc) is 2.02. The molecule has 0 radical (unpaired) electrons. The van der Waals surface area contributed by atoms with Gasteiger partial charge in [0.05, 0.1) is 6.26 Å². The fraction of sp³-hybridized carbons (Fsp3) is 0.750. The topological polar surface area (TPSA) is 37.3 Å². The zero-order valence-corrected chi connectivity index (χ0v) is 9.50. The van der Waals surface area contributed by atoms with E-state index in [9.17, 15) is 4.79 Å². The summed E-state index contributed by atoms with van der Waals surface area (Å²) in [7, 11) is 0. The maximum atomic E-state index is 11.5. The molecule has 2 unspecified atom stereocenters. The van der Waals surface area contributed by atoms with Crippen LogP contribution in [0, 0.1) is 17.3 Å². The number of aliphatic hydroxyl groups is 1. The van der Waals surface area contributed by atoms with E-state index in [1.807, 2.05) is 0 Å². The van der Waals surface area contributed by atoms with Crippen LogP contribution in [0.3, 0.4) is 0 Å². The number of Topliss-reactive ketones (excluding diaryl/α,β-unsaturated/α-hetero) is 1. The second-order valence-electron chi connectivity index (χ2n) is 5.44. The summed E-state index contributed by atoms with van der Waals surface area (Å²) in [5.41, 5.74) is 0.803. The molecule has 0 heterocycles. The average molecular weight is 196 g/mol. The molecule has 80 valence electrons. The van der Waals surface area contributed by atoms with Gasteiger partial charge in [0.25, 0.3) is 0 Å². The van der Waals surface area contributed by atoms with E-state index in [-0.39, 0.29) is 11.2 Å². The first kappa shape index (κ1) is 11.3. The molecule has 0 aromatic heterocycles. The summed E-state index contributed by atoms with van der Waals surface area (Å²) in [4.78, 5) is 11.5. The number of rotatable bonds is 0. The molecule has 1 fully saturated rings. The number of hydrogen-bond donors (Lipinski definition) is 1. The van der Waals surface area contributed by atoms with Gasteiger partial charge in [-0.15, -0.1) is 0 Å². The van der Waals surface area contributed by atoms with Crippen molar-refractivity contribution >= 4 is 5.78 Å². The lowest BCUT2D eigenvalue weighted by Gasteiger charge is -2.38. The lowest BCUT2D eigenvalue weighted by Crippen LogP contribution is -2.33. The summed E-state index contributed by atoms with van der Waals surface area (Å²) in [5, 5.41) is 8.95. The predicted octanol–water partition coefficient (Wildman–Crippen LogP) is 3.09. The van der Waals surface area contributed by atoms with Gasteiger partial charge in [-0.3, -0.25) is 4.79 Å². The standard InChI is InChI=1S/C12H20O2/c1-8-5-11(14)9(7-13)6-10(8)12(2,3)4/h7-8,10,13H,5-6H2,1-4H3/b9-7+. The van der Waals surface area contributed by atoms with Crippen LogP contribution >= 0.6 is 0 Å². The molecule has 0 aromatic carbocycles. The van der Waals surface area contributed by atoms with Crippen molar-refractivity contribution in [1.82, 2.24) is 0 Å². The summed E-state index contributed by atoms with van der Waals surface area (Å²) in [6.07, 6.45) is 2.29. The van der Waals surface area contributed by atoms with E-state index in [0.717, 1.165) is 12.7 Å². The fourth-order valence-corrected chi connectivity index (χ4v) is 2.40. The van der Waals surface area contributed by atoms with Crippen molar-refractivity contribution in [3.8, 4) is 0 Å². The molecule has 0 bridgehead atoms. The minimum Gasteiger partial charge on any atom is -0.515 e. The minimum atomic E-state index is 0.112. The Bertz CT molecular complexity index is 258. The van der Waals surface area contributed by atoms with Crippen LogP contribution in [0.5, 0.6) is 0 Å². The third kappa shape index (κ3) is 2.17. The molecule has 0 aromatic rings. The second-order valence-corrected chi connectivity index (χ2v) is 5.44. The minimum absolute atomic E-state index is 0.112. The third-order valence-corrected chi connectivity index (χ3v) is 3.26. The molecule has 1 rings (SSSR count). The Morgan fingerprint density at radius 3 is 2.36 bits per heavy atom. The maximum Gasteiger partial charge on any atom is 0.162 e. The Hall–Kier alpha value is -0.790. The highest BCUT2D eigenvalue weighted by Crippen LogP contribution is 2.42. The first-order valence-corrected chi connectivity index (χ1v) is 5.22. The van der Waals surface area contributed by atoms with E-state index in [0.29, 0.717) is 23.8 Å². The molecule has 14 heavy (non-hydrogen) atoms. The molecule has 1 N–H and O–H groups in total. The monoisotopic (exact) mass is 196 g/mol. The van der Waals surface area contributed by atoms with Crippen molar-refractivity contribution in [3.05, 3.63) is 11.8 Å².